The first kappa shape index (κ1) is 14.9. The summed E-state index contributed by atoms with van der Waals surface area (Å²) in [5.74, 6) is -0.115. The second kappa shape index (κ2) is 10.4. The van der Waals surface area contributed by atoms with Crippen LogP contribution in [-0.4, -0.2) is 57.5 Å². The summed E-state index contributed by atoms with van der Waals surface area (Å²) in [5.41, 5.74) is 0. The number of Topliss-reactive ketones (excluding diaryl/α,β-unsaturated/α-hetero) is 1. The number of hydrogen-bond donors (Lipinski definition) is 0. The summed E-state index contributed by atoms with van der Waals surface area (Å²) in [7, 11) is 0. The molecule has 0 aliphatic carbocycles. The summed E-state index contributed by atoms with van der Waals surface area (Å²) in [4.78, 5) is 30.7. The zero-order chi connectivity index (χ0) is 12.2. The van der Waals surface area contributed by atoms with Gasteiger partial charge in [0.25, 0.3) is 0 Å². The lowest BCUT2D eigenvalue weighted by molar-refractivity contribution is -0.130. The van der Waals surface area contributed by atoms with Gasteiger partial charge in [-0.25, -0.2) is 0 Å². The van der Waals surface area contributed by atoms with Gasteiger partial charge in [0.2, 0.25) is 0 Å². The number of carbonyl (C=O) groups is 3. The van der Waals surface area contributed by atoms with Crippen molar-refractivity contribution in [3.63, 3.8) is 0 Å². The molecule has 0 aromatic rings. The predicted molar refractivity (Wildman–Crippen MR) is 54.2 cm³/mol. The number of rotatable bonds is 11. The molecule has 0 N–H and O–H groups in total. The van der Waals surface area contributed by atoms with Crippen LogP contribution >= 0.6 is 0 Å². The van der Waals surface area contributed by atoms with E-state index in [1.165, 1.54) is 6.92 Å². The highest BCUT2D eigenvalue weighted by atomic mass is 16.6. The van der Waals surface area contributed by atoms with Crippen molar-refractivity contribution >= 4 is 18.4 Å². The van der Waals surface area contributed by atoms with Crippen LogP contribution in [0.25, 0.3) is 0 Å². The Kier molecular flexibility index (Phi) is 9.69. The van der Waals surface area contributed by atoms with Crippen LogP contribution in [0.1, 0.15) is 6.92 Å². The van der Waals surface area contributed by atoms with Gasteiger partial charge in [0.1, 0.15) is 38.5 Å². The Morgan fingerprint density at radius 3 is 2.00 bits per heavy atom. The maximum Gasteiger partial charge on any atom is 0.155 e. The largest absolute Gasteiger partial charge is 0.371 e. The molecule has 0 heterocycles. The third-order valence-electron chi connectivity index (χ3n) is 1.50. The van der Waals surface area contributed by atoms with Gasteiger partial charge in [0.15, 0.2) is 5.78 Å². The van der Waals surface area contributed by atoms with Crippen LogP contribution in [0.5, 0.6) is 0 Å². The van der Waals surface area contributed by atoms with Crippen LogP contribution in [-0.2, 0) is 28.6 Å². The average Bonchev–Trinajstić information content (AvgIpc) is 2.25. The molecule has 0 radical (unpaired) electrons. The molecule has 16 heavy (non-hydrogen) atoms. The number of ketones is 1. The predicted octanol–water partition coefficient (Wildman–Crippen LogP) is -0.608. The van der Waals surface area contributed by atoms with E-state index in [9.17, 15) is 14.4 Å². The van der Waals surface area contributed by atoms with E-state index in [0.717, 1.165) is 0 Å². The molecule has 0 spiro atoms. The molecular weight excluding hydrogens is 216 g/mol. The fourth-order valence-corrected chi connectivity index (χ4v) is 0.875. The molecule has 0 aromatic carbocycles. The second-order valence-corrected chi connectivity index (χ2v) is 3.04. The molecule has 0 rings (SSSR count). The van der Waals surface area contributed by atoms with Gasteiger partial charge >= 0.3 is 0 Å². The Balaban J connectivity index is 3.79. The van der Waals surface area contributed by atoms with Crippen molar-refractivity contribution < 1.29 is 28.6 Å². The van der Waals surface area contributed by atoms with Crippen LogP contribution in [0, 0.1) is 0 Å². The Hall–Kier alpha value is -1.11. The summed E-state index contributed by atoms with van der Waals surface area (Å²) < 4.78 is 15.0. The van der Waals surface area contributed by atoms with Gasteiger partial charge < -0.3 is 23.8 Å². The minimum absolute atomic E-state index is 0.0341. The molecule has 0 atom stereocenters. The van der Waals surface area contributed by atoms with E-state index >= 15 is 0 Å². The quantitative estimate of drug-likeness (QED) is 0.349. The van der Waals surface area contributed by atoms with Gasteiger partial charge in [-0.2, -0.15) is 0 Å². The standard InChI is InChI=1S/C10H16O6/c1-9(13)6-16-10(7-14-4-2-11)8-15-5-3-12/h2-3,10H,4-8H2,1H3. The summed E-state index contributed by atoms with van der Waals surface area (Å²) in [6.07, 6.45) is 0.784. The molecule has 0 unspecified atom stereocenters. The van der Waals surface area contributed by atoms with Gasteiger partial charge in [0, 0.05) is 0 Å². The monoisotopic (exact) mass is 232 g/mol. The van der Waals surface area contributed by atoms with Crippen LogP contribution in [0.15, 0.2) is 0 Å². The first-order chi connectivity index (χ1) is 7.70. The van der Waals surface area contributed by atoms with E-state index in [-0.39, 0.29) is 38.8 Å². The van der Waals surface area contributed by atoms with Crippen LogP contribution in [0.4, 0.5) is 0 Å². The number of hydrogen-bond acceptors (Lipinski definition) is 6. The molecule has 0 amide bonds. The van der Waals surface area contributed by atoms with Crippen molar-refractivity contribution in [3.05, 3.63) is 0 Å². The molecule has 6 heteroatoms. The lowest BCUT2D eigenvalue weighted by Gasteiger charge is -2.16. The highest BCUT2D eigenvalue weighted by molar-refractivity contribution is 5.76. The van der Waals surface area contributed by atoms with Gasteiger partial charge in [-0.15, -0.1) is 0 Å². The molecule has 0 fully saturated rings. The zero-order valence-corrected chi connectivity index (χ0v) is 9.22. The first-order valence-corrected chi connectivity index (χ1v) is 4.84. The van der Waals surface area contributed by atoms with Gasteiger partial charge in [-0.05, 0) is 6.92 Å². The minimum Gasteiger partial charge on any atom is -0.371 e. The Morgan fingerprint density at radius 2 is 1.62 bits per heavy atom. The topological polar surface area (TPSA) is 78.9 Å². The molecule has 92 valence electrons. The molecule has 0 aliphatic rings. The van der Waals surface area contributed by atoms with Crippen molar-refractivity contribution in [2.24, 2.45) is 0 Å². The van der Waals surface area contributed by atoms with Crippen LogP contribution < -0.4 is 0 Å². The fourth-order valence-electron chi connectivity index (χ4n) is 0.875. The van der Waals surface area contributed by atoms with Crippen molar-refractivity contribution in [1.29, 1.82) is 0 Å². The first-order valence-electron chi connectivity index (χ1n) is 4.84. The molecule has 0 aliphatic heterocycles. The normalized spacial score (nSPS) is 10.4. The van der Waals surface area contributed by atoms with Crippen molar-refractivity contribution in [3.8, 4) is 0 Å². The third-order valence-corrected chi connectivity index (χ3v) is 1.50. The molecular formula is C10H16O6. The van der Waals surface area contributed by atoms with Crippen LogP contribution in [0.2, 0.25) is 0 Å². The van der Waals surface area contributed by atoms with Crippen molar-refractivity contribution in [1.82, 2.24) is 0 Å². The molecule has 0 bridgehead atoms. The fraction of sp³-hybridized carbons (Fsp3) is 0.700. The summed E-state index contributed by atoms with van der Waals surface area (Å²) in [6, 6.07) is 0. The summed E-state index contributed by atoms with van der Waals surface area (Å²) in [5, 5.41) is 0. The van der Waals surface area contributed by atoms with E-state index in [1.54, 1.807) is 0 Å². The van der Waals surface area contributed by atoms with E-state index in [2.05, 4.69) is 0 Å². The Morgan fingerprint density at radius 1 is 1.12 bits per heavy atom. The average molecular weight is 232 g/mol. The minimum atomic E-state index is -0.455. The van der Waals surface area contributed by atoms with Crippen molar-refractivity contribution in [2.75, 3.05) is 33.0 Å². The van der Waals surface area contributed by atoms with Crippen molar-refractivity contribution in [2.45, 2.75) is 13.0 Å². The van der Waals surface area contributed by atoms with E-state index in [1.807, 2.05) is 0 Å². The number of carbonyl (C=O) groups excluding carboxylic acids is 3. The lowest BCUT2D eigenvalue weighted by atomic mass is 10.4. The molecule has 6 nitrogen and oxygen atoms in total. The number of aldehydes is 2. The molecule has 0 saturated carbocycles. The maximum atomic E-state index is 10.7. The summed E-state index contributed by atoms with van der Waals surface area (Å²) in [6.45, 7) is 1.58. The number of ether oxygens (including phenoxy) is 3. The zero-order valence-electron chi connectivity index (χ0n) is 9.22. The highest BCUT2D eigenvalue weighted by Crippen LogP contribution is 1.95. The Labute approximate surface area is 93.8 Å². The maximum absolute atomic E-state index is 10.7. The third kappa shape index (κ3) is 9.45. The molecule has 0 saturated heterocycles. The van der Waals surface area contributed by atoms with Crippen LogP contribution in [0.3, 0.4) is 0 Å². The smallest absolute Gasteiger partial charge is 0.155 e. The lowest BCUT2D eigenvalue weighted by Crippen LogP contribution is -2.28. The van der Waals surface area contributed by atoms with Gasteiger partial charge in [-0.1, -0.05) is 0 Å². The Bertz CT molecular complexity index is 201. The molecule has 0 aromatic heterocycles. The SMILES string of the molecule is CC(=O)COC(COCC=O)COCC=O. The van der Waals surface area contributed by atoms with E-state index in [0.29, 0.717) is 12.6 Å². The summed E-state index contributed by atoms with van der Waals surface area (Å²) >= 11 is 0. The second-order valence-electron chi connectivity index (χ2n) is 3.04. The highest BCUT2D eigenvalue weighted by Gasteiger charge is 2.10. The van der Waals surface area contributed by atoms with E-state index in [4.69, 9.17) is 14.2 Å². The van der Waals surface area contributed by atoms with Gasteiger partial charge in [0.05, 0.1) is 13.2 Å². The van der Waals surface area contributed by atoms with E-state index < -0.39 is 6.10 Å². The van der Waals surface area contributed by atoms with Gasteiger partial charge in [-0.3, -0.25) is 4.79 Å².